The summed E-state index contributed by atoms with van der Waals surface area (Å²) in [5.41, 5.74) is 0.588. The van der Waals surface area contributed by atoms with Gasteiger partial charge in [0.25, 0.3) is 11.5 Å². The lowest BCUT2D eigenvalue weighted by atomic mass is 10.1. The first-order valence-electron chi connectivity index (χ1n) is 8.32. The van der Waals surface area contributed by atoms with Gasteiger partial charge in [-0.25, -0.2) is 9.07 Å². The molecule has 1 aromatic heterocycles. The van der Waals surface area contributed by atoms with E-state index in [4.69, 9.17) is 4.74 Å². The molecule has 0 saturated heterocycles. The number of hydrogen-bond acceptors (Lipinski definition) is 4. The van der Waals surface area contributed by atoms with E-state index in [2.05, 4.69) is 10.4 Å². The van der Waals surface area contributed by atoms with Crippen LogP contribution < -0.4 is 15.6 Å². The summed E-state index contributed by atoms with van der Waals surface area (Å²) in [6.07, 6.45) is 0. The molecule has 138 valence electrons. The van der Waals surface area contributed by atoms with Crippen molar-refractivity contribution in [1.82, 2.24) is 15.1 Å². The molecule has 27 heavy (non-hydrogen) atoms. The molecule has 2 aromatic carbocycles. The zero-order valence-corrected chi connectivity index (χ0v) is 14.6. The van der Waals surface area contributed by atoms with E-state index in [-0.39, 0.29) is 23.6 Å². The van der Waals surface area contributed by atoms with Crippen molar-refractivity contribution in [2.24, 2.45) is 7.05 Å². The van der Waals surface area contributed by atoms with Gasteiger partial charge in [0.15, 0.2) is 11.6 Å². The molecule has 0 spiro atoms. The van der Waals surface area contributed by atoms with Crippen molar-refractivity contribution >= 4 is 5.91 Å². The number of amides is 1. The van der Waals surface area contributed by atoms with E-state index in [1.807, 2.05) is 30.3 Å². The predicted molar refractivity (Wildman–Crippen MR) is 98.0 cm³/mol. The first kappa shape index (κ1) is 18.3. The Morgan fingerprint density at radius 2 is 1.81 bits per heavy atom. The summed E-state index contributed by atoms with van der Waals surface area (Å²) in [7, 11) is 1.47. The minimum Gasteiger partial charge on any atom is -0.488 e. The normalized spacial score (nSPS) is 11.6. The van der Waals surface area contributed by atoms with Crippen LogP contribution in [0.2, 0.25) is 0 Å². The van der Waals surface area contributed by atoms with Gasteiger partial charge in [0, 0.05) is 13.1 Å². The number of aryl methyl sites for hydroxylation is 1. The molecule has 1 heterocycles. The Bertz CT molecular complexity index is 989. The molecule has 0 fully saturated rings. The average Bonchev–Trinajstić information content (AvgIpc) is 2.69. The Hall–Kier alpha value is -3.48. The maximum atomic E-state index is 13.8. The number of nitrogens with zero attached hydrogens (tertiary/aromatic N) is 2. The van der Waals surface area contributed by atoms with E-state index in [0.717, 1.165) is 10.2 Å². The van der Waals surface area contributed by atoms with Crippen molar-refractivity contribution < 1.29 is 13.9 Å². The summed E-state index contributed by atoms with van der Waals surface area (Å²) in [6.45, 7) is 0.0302. The number of nitrogens with one attached hydrogen (secondary N) is 1. The zero-order chi connectivity index (χ0) is 19.2. The minimum atomic E-state index is -0.530. The topological polar surface area (TPSA) is 73.2 Å². The molecule has 1 atom stereocenters. The van der Waals surface area contributed by atoms with Gasteiger partial charge in [-0.05, 0) is 23.8 Å². The number of carbonyl (C=O) groups is 1. The summed E-state index contributed by atoms with van der Waals surface area (Å²) in [6, 6.07) is 17.4. The Morgan fingerprint density at radius 1 is 1.11 bits per heavy atom. The average molecular weight is 367 g/mol. The van der Waals surface area contributed by atoms with Crippen LogP contribution in [0.3, 0.4) is 0 Å². The highest BCUT2D eigenvalue weighted by Gasteiger charge is 2.18. The van der Waals surface area contributed by atoms with Gasteiger partial charge in [-0.1, -0.05) is 42.5 Å². The molecular formula is C20H18FN3O3. The highest BCUT2D eigenvalue weighted by Crippen LogP contribution is 2.19. The van der Waals surface area contributed by atoms with E-state index in [1.54, 1.807) is 12.1 Å². The largest absolute Gasteiger partial charge is 0.488 e. The summed E-state index contributed by atoms with van der Waals surface area (Å²) >= 11 is 0. The smallest absolute Gasteiger partial charge is 0.272 e. The number of rotatable bonds is 6. The fourth-order valence-electron chi connectivity index (χ4n) is 2.50. The molecule has 6 nitrogen and oxygen atoms in total. The van der Waals surface area contributed by atoms with Crippen molar-refractivity contribution in [1.29, 1.82) is 0 Å². The molecule has 0 saturated carbocycles. The van der Waals surface area contributed by atoms with E-state index < -0.39 is 17.8 Å². The number of benzene rings is 2. The number of hydrogen-bond donors (Lipinski definition) is 1. The van der Waals surface area contributed by atoms with Gasteiger partial charge in [-0.15, -0.1) is 0 Å². The van der Waals surface area contributed by atoms with Crippen molar-refractivity contribution in [3.63, 3.8) is 0 Å². The summed E-state index contributed by atoms with van der Waals surface area (Å²) in [4.78, 5) is 24.0. The van der Waals surface area contributed by atoms with Crippen LogP contribution in [0.4, 0.5) is 4.39 Å². The van der Waals surface area contributed by atoms with Crippen molar-refractivity contribution in [2.75, 3.05) is 6.61 Å². The third kappa shape index (κ3) is 4.58. The van der Waals surface area contributed by atoms with Gasteiger partial charge < -0.3 is 10.1 Å². The van der Waals surface area contributed by atoms with Crippen LogP contribution in [0.15, 0.2) is 71.5 Å². The summed E-state index contributed by atoms with van der Waals surface area (Å²) in [5.74, 6) is -0.833. The van der Waals surface area contributed by atoms with Crippen LogP contribution in [0.25, 0.3) is 0 Å². The molecule has 0 aliphatic carbocycles. The lowest BCUT2D eigenvalue weighted by Gasteiger charge is -2.20. The molecule has 1 amide bonds. The number of para-hydroxylation sites is 1. The lowest BCUT2D eigenvalue weighted by Crippen LogP contribution is -2.34. The first-order valence-corrected chi connectivity index (χ1v) is 8.32. The van der Waals surface area contributed by atoms with Gasteiger partial charge in [0.05, 0.1) is 6.04 Å². The molecule has 1 N–H and O–H groups in total. The van der Waals surface area contributed by atoms with Gasteiger partial charge >= 0.3 is 0 Å². The second-order valence-corrected chi connectivity index (χ2v) is 5.86. The fraction of sp³-hybridized carbons (Fsp3) is 0.150. The van der Waals surface area contributed by atoms with Crippen LogP contribution in [0, 0.1) is 5.82 Å². The van der Waals surface area contributed by atoms with Crippen LogP contribution in [-0.4, -0.2) is 22.3 Å². The molecule has 0 bridgehead atoms. The lowest BCUT2D eigenvalue weighted by molar-refractivity contribution is 0.0913. The first-order chi connectivity index (χ1) is 13.0. The Labute approximate surface area is 155 Å². The van der Waals surface area contributed by atoms with E-state index in [1.165, 1.54) is 31.3 Å². The van der Waals surface area contributed by atoms with Crippen LogP contribution >= 0.6 is 0 Å². The zero-order valence-electron chi connectivity index (χ0n) is 14.6. The second-order valence-electron chi connectivity index (χ2n) is 5.86. The fourth-order valence-corrected chi connectivity index (χ4v) is 2.50. The SMILES string of the molecule is Cn1nc(C(=O)NC(COc2ccccc2F)c2ccccc2)ccc1=O. The third-order valence-corrected chi connectivity index (χ3v) is 3.94. The molecule has 3 rings (SSSR count). The summed E-state index contributed by atoms with van der Waals surface area (Å²) in [5, 5.41) is 6.76. The van der Waals surface area contributed by atoms with E-state index in [0.29, 0.717) is 0 Å². The van der Waals surface area contributed by atoms with Gasteiger partial charge in [0.2, 0.25) is 0 Å². The van der Waals surface area contributed by atoms with Crippen LogP contribution in [0.1, 0.15) is 22.1 Å². The van der Waals surface area contributed by atoms with E-state index in [9.17, 15) is 14.0 Å². The highest BCUT2D eigenvalue weighted by molar-refractivity contribution is 5.92. The molecule has 0 radical (unpaired) electrons. The minimum absolute atomic E-state index is 0.0302. The number of carbonyl (C=O) groups excluding carboxylic acids is 1. The third-order valence-electron chi connectivity index (χ3n) is 3.94. The predicted octanol–water partition coefficient (Wildman–Crippen LogP) is 2.47. The standard InChI is InChI=1S/C20H18FN3O3/c1-24-19(25)12-11-16(23-24)20(26)22-17(14-7-3-2-4-8-14)13-27-18-10-6-5-9-15(18)21/h2-12,17H,13H2,1H3,(H,22,26). The Morgan fingerprint density at radius 3 is 2.52 bits per heavy atom. The summed E-state index contributed by atoms with van der Waals surface area (Å²) < 4.78 is 20.5. The molecule has 1 unspecified atom stereocenters. The molecule has 0 aliphatic heterocycles. The van der Waals surface area contributed by atoms with Crippen LogP contribution in [-0.2, 0) is 7.05 Å². The quantitative estimate of drug-likeness (QED) is 0.726. The van der Waals surface area contributed by atoms with Gasteiger partial charge in [-0.2, -0.15) is 5.10 Å². The molecule has 0 aliphatic rings. The number of halogens is 1. The number of aromatic nitrogens is 2. The van der Waals surface area contributed by atoms with Gasteiger partial charge in [-0.3, -0.25) is 9.59 Å². The highest BCUT2D eigenvalue weighted by atomic mass is 19.1. The second kappa shape index (κ2) is 8.27. The van der Waals surface area contributed by atoms with Gasteiger partial charge in [0.1, 0.15) is 12.3 Å². The number of ether oxygens (including phenoxy) is 1. The molecule has 7 heteroatoms. The maximum Gasteiger partial charge on any atom is 0.272 e. The van der Waals surface area contributed by atoms with Crippen molar-refractivity contribution in [3.8, 4) is 5.75 Å². The van der Waals surface area contributed by atoms with E-state index >= 15 is 0 Å². The van der Waals surface area contributed by atoms with Crippen molar-refractivity contribution in [3.05, 3.63) is 94.2 Å². The van der Waals surface area contributed by atoms with Crippen molar-refractivity contribution in [2.45, 2.75) is 6.04 Å². The molecule has 3 aromatic rings. The monoisotopic (exact) mass is 367 g/mol. The Kier molecular flexibility index (Phi) is 5.61. The van der Waals surface area contributed by atoms with Crippen LogP contribution in [0.5, 0.6) is 5.75 Å². The Balaban J connectivity index is 1.79. The molecular weight excluding hydrogens is 349 g/mol. The maximum absolute atomic E-state index is 13.8.